The zero-order valence-corrected chi connectivity index (χ0v) is 13.4. The molecule has 2 unspecified atom stereocenters. The molecule has 0 bridgehead atoms. The van der Waals surface area contributed by atoms with Gasteiger partial charge in [-0.25, -0.2) is 0 Å². The number of ether oxygens (including phenoxy) is 1. The minimum Gasteiger partial charge on any atom is -0.380 e. The van der Waals surface area contributed by atoms with Crippen LogP contribution in [0.3, 0.4) is 0 Å². The van der Waals surface area contributed by atoms with E-state index in [-0.39, 0.29) is 11.6 Å². The second-order valence-electron chi connectivity index (χ2n) is 6.08. The van der Waals surface area contributed by atoms with Crippen LogP contribution in [0.5, 0.6) is 0 Å². The molecule has 2 atom stereocenters. The Morgan fingerprint density at radius 1 is 1.17 bits per heavy atom. The lowest BCUT2D eigenvalue weighted by Crippen LogP contribution is -2.60. The lowest BCUT2D eigenvalue weighted by atomic mass is 9.92. The van der Waals surface area contributed by atoms with E-state index in [1.54, 1.807) is 7.11 Å². The van der Waals surface area contributed by atoms with E-state index in [4.69, 9.17) is 10.5 Å². The van der Waals surface area contributed by atoms with Gasteiger partial charge in [-0.15, -0.1) is 0 Å². The normalized spacial score (nSPS) is 17.5. The topological polar surface area (TPSA) is 41.7 Å². The SMILES string of the molecule is COC(C)C(C)(CN)N(CCN(C)C)CC(C)C. The molecule has 0 aromatic carbocycles. The van der Waals surface area contributed by atoms with E-state index in [0.717, 1.165) is 19.6 Å². The van der Waals surface area contributed by atoms with Crippen LogP contribution in [0.25, 0.3) is 0 Å². The maximum absolute atomic E-state index is 6.03. The van der Waals surface area contributed by atoms with Gasteiger partial charge in [-0.1, -0.05) is 13.8 Å². The molecule has 4 nitrogen and oxygen atoms in total. The highest BCUT2D eigenvalue weighted by Crippen LogP contribution is 2.22. The first-order valence-electron chi connectivity index (χ1n) is 6.90. The van der Waals surface area contributed by atoms with Crippen molar-refractivity contribution in [1.82, 2.24) is 9.80 Å². The van der Waals surface area contributed by atoms with Crippen LogP contribution in [-0.2, 0) is 4.74 Å². The maximum Gasteiger partial charge on any atom is 0.0736 e. The van der Waals surface area contributed by atoms with Crippen LogP contribution in [0.15, 0.2) is 0 Å². The van der Waals surface area contributed by atoms with Crippen LogP contribution in [0.2, 0.25) is 0 Å². The first kappa shape index (κ1) is 17.8. The first-order chi connectivity index (χ1) is 8.27. The summed E-state index contributed by atoms with van der Waals surface area (Å²) < 4.78 is 5.54. The average molecular weight is 259 g/mol. The van der Waals surface area contributed by atoms with Gasteiger partial charge in [-0.3, -0.25) is 4.90 Å². The van der Waals surface area contributed by atoms with Crippen LogP contribution >= 0.6 is 0 Å². The molecule has 2 N–H and O–H groups in total. The lowest BCUT2D eigenvalue weighted by Gasteiger charge is -2.45. The highest BCUT2D eigenvalue weighted by molar-refractivity contribution is 4.93. The Morgan fingerprint density at radius 3 is 2.06 bits per heavy atom. The van der Waals surface area contributed by atoms with E-state index in [9.17, 15) is 0 Å². The zero-order valence-electron chi connectivity index (χ0n) is 13.4. The summed E-state index contributed by atoms with van der Waals surface area (Å²) in [6.45, 7) is 12.5. The minimum absolute atomic E-state index is 0.102. The standard InChI is InChI=1S/C14H33N3O/c1-12(2)10-17(9-8-16(5)6)14(4,11-15)13(3)18-7/h12-13H,8-11,15H2,1-7H3. The summed E-state index contributed by atoms with van der Waals surface area (Å²) in [6, 6.07) is 0. The van der Waals surface area contributed by atoms with E-state index in [0.29, 0.717) is 12.5 Å². The number of hydrogen-bond acceptors (Lipinski definition) is 4. The van der Waals surface area contributed by atoms with Gasteiger partial charge in [0, 0.05) is 33.3 Å². The summed E-state index contributed by atoms with van der Waals surface area (Å²) in [7, 11) is 5.97. The molecule has 0 amide bonds. The average Bonchev–Trinajstić information content (AvgIpc) is 2.31. The highest BCUT2D eigenvalue weighted by Gasteiger charge is 2.36. The van der Waals surface area contributed by atoms with E-state index in [2.05, 4.69) is 51.6 Å². The smallest absolute Gasteiger partial charge is 0.0736 e. The fraction of sp³-hybridized carbons (Fsp3) is 1.00. The maximum atomic E-state index is 6.03. The molecule has 18 heavy (non-hydrogen) atoms. The number of hydrogen-bond donors (Lipinski definition) is 1. The third-order valence-corrected chi connectivity index (χ3v) is 3.77. The van der Waals surface area contributed by atoms with Crippen molar-refractivity contribution in [2.75, 3.05) is 47.4 Å². The van der Waals surface area contributed by atoms with Gasteiger partial charge >= 0.3 is 0 Å². The van der Waals surface area contributed by atoms with Gasteiger partial charge in [-0.2, -0.15) is 0 Å². The molecule has 4 heteroatoms. The molecule has 0 heterocycles. The Kier molecular flexibility index (Phi) is 8.03. The van der Waals surface area contributed by atoms with Gasteiger partial charge in [-0.05, 0) is 33.9 Å². The Morgan fingerprint density at radius 2 is 1.72 bits per heavy atom. The Bertz CT molecular complexity index is 221. The Labute approximate surface area is 113 Å². The summed E-state index contributed by atoms with van der Waals surface area (Å²) in [5.41, 5.74) is 5.93. The number of nitrogens with two attached hydrogens (primary N) is 1. The minimum atomic E-state index is -0.102. The summed E-state index contributed by atoms with van der Waals surface area (Å²) in [5.74, 6) is 0.627. The van der Waals surface area contributed by atoms with Crippen LogP contribution in [-0.4, -0.2) is 68.8 Å². The van der Waals surface area contributed by atoms with E-state index in [1.165, 1.54) is 0 Å². The first-order valence-corrected chi connectivity index (χ1v) is 6.90. The highest BCUT2D eigenvalue weighted by atomic mass is 16.5. The van der Waals surface area contributed by atoms with Crippen LogP contribution in [0, 0.1) is 5.92 Å². The predicted octanol–water partition coefficient (Wildman–Crippen LogP) is 1.26. The lowest BCUT2D eigenvalue weighted by molar-refractivity contribution is -0.0375. The van der Waals surface area contributed by atoms with Crippen molar-refractivity contribution < 1.29 is 4.74 Å². The van der Waals surface area contributed by atoms with E-state index >= 15 is 0 Å². The van der Waals surface area contributed by atoms with Crippen LogP contribution in [0.4, 0.5) is 0 Å². The summed E-state index contributed by atoms with van der Waals surface area (Å²) in [6.07, 6.45) is 0.128. The van der Waals surface area contributed by atoms with Gasteiger partial charge in [0.25, 0.3) is 0 Å². The molecule has 0 aliphatic rings. The molecule has 0 aliphatic heterocycles. The van der Waals surface area contributed by atoms with Crippen molar-refractivity contribution in [2.24, 2.45) is 11.7 Å². The van der Waals surface area contributed by atoms with Crippen molar-refractivity contribution in [1.29, 1.82) is 0 Å². The molecule has 0 spiro atoms. The molecule has 0 fully saturated rings. The monoisotopic (exact) mass is 259 g/mol. The second kappa shape index (κ2) is 8.10. The van der Waals surface area contributed by atoms with Gasteiger partial charge in [0.2, 0.25) is 0 Å². The molecule has 0 aromatic heterocycles. The zero-order chi connectivity index (χ0) is 14.3. The third kappa shape index (κ3) is 5.22. The second-order valence-corrected chi connectivity index (χ2v) is 6.08. The van der Waals surface area contributed by atoms with Crippen LogP contribution in [0.1, 0.15) is 27.7 Å². The fourth-order valence-corrected chi connectivity index (χ4v) is 2.12. The van der Waals surface area contributed by atoms with E-state index in [1.807, 2.05) is 0 Å². The number of methoxy groups -OCH3 is 1. The fourth-order valence-electron chi connectivity index (χ4n) is 2.12. The van der Waals surface area contributed by atoms with Gasteiger partial charge in [0.1, 0.15) is 0 Å². The molecule has 0 rings (SSSR count). The van der Waals surface area contributed by atoms with Crippen molar-refractivity contribution in [3.8, 4) is 0 Å². The summed E-state index contributed by atoms with van der Waals surface area (Å²) in [4.78, 5) is 4.69. The summed E-state index contributed by atoms with van der Waals surface area (Å²) in [5, 5.41) is 0. The van der Waals surface area contributed by atoms with Crippen LogP contribution < -0.4 is 5.73 Å². The quantitative estimate of drug-likeness (QED) is 0.677. The van der Waals surface area contributed by atoms with Gasteiger partial charge in [0.15, 0.2) is 0 Å². The molecule has 0 aliphatic carbocycles. The van der Waals surface area contributed by atoms with Crippen molar-refractivity contribution >= 4 is 0 Å². The van der Waals surface area contributed by atoms with Crippen molar-refractivity contribution in [3.05, 3.63) is 0 Å². The molecular weight excluding hydrogens is 226 g/mol. The molecule has 0 saturated heterocycles. The van der Waals surface area contributed by atoms with Crippen molar-refractivity contribution in [2.45, 2.75) is 39.3 Å². The third-order valence-electron chi connectivity index (χ3n) is 3.77. The number of nitrogens with zero attached hydrogens (tertiary/aromatic N) is 2. The molecule has 0 aromatic rings. The van der Waals surface area contributed by atoms with Crippen molar-refractivity contribution in [3.63, 3.8) is 0 Å². The number of rotatable bonds is 9. The largest absolute Gasteiger partial charge is 0.380 e. The van der Waals surface area contributed by atoms with Gasteiger partial charge in [0.05, 0.1) is 11.6 Å². The molecule has 0 saturated carbocycles. The Hall–Kier alpha value is -0.160. The molecule has 0 radical (unpaired) electrons. The molecular formula is C14H33N3O. The van der Waals surface area contributed by atoms with Gasteiger partial charge < -0.3 is 15.4 Å². The Balaban J connectivity index is 4.87. The number of likely N-dealkylation sites (N-methyl/N-ethyl adjacent to an activating group) is 1. The predicted molar refractivity (Wildman–Crippen MR) is 78.9 cm³/mol. The summed E-state index contributed by atoms with van der Waals surface area (Å²) >= 11 is 0. The molecule has 110 valence electrons. The van der Waals surface area contributed by atoms with E-state index < -0.39 is 0 Å².